The van der Waals surface area contributed by atoms with Crippen molar-refractivity contribution in [1.29, 1.82) is 0 Å². The van der Waals surface area contributed by atoms with E-state index in [2.05, 4.69) is 15.3 Å². The number of hydrogen-bond donors (Lipinski definition) is 1. The Kier molecular flexibility index (Phi) is 4.74. The molecule has 0 radical (unpaired) electrons. The van der Waals surface area contributed by atoms with Crippen molar-refractivity contribution in [2.24, 2.45) is 5.41 Å². The monoisotopic (exact) mass is 367 g/mol. The summed E-state index contributed by atoms with van der Waals surface area (Å²) in [5.41, 5.74) is 2.24. The summed E-state index contributed by atoms with van der Waals surface area (Å²) in [6.07, 6.45) is 1.47. The van der Waals surface area contributed by atoms with E-state index in [-0.39, 0.29) is 16.8 Å². The van der Waals surface area contributed by atoms with Crippen LogP contribution in [-0.2, 0) is 4.79 Å². The number of ketones is 1. The van der Waals surface area contributed by atoms with Gasteiger partial charge >= 0.3 is 0 Å². The number of hydrogen-bond acceptors (Lipinski definition) is 4. The minimum absolute atomic E-state index is 0.113. The Hall–Kier alpha value is -2.79. The smallest absolute Gasteiger partial charge is 0.229 e. The first-order valence-electron chi connectivity index (χ1n) is 8.12. The maximum atomic E-state index is 12.8. The van der Waals surface area contributed by atoms with E-state index in [0.717, 1.165) is 0 Å². The fraction of sp³-hybridized carbons (Fsp3) is 0.200. The lowest BCUT2D eigenvalue weighted by atomic mass is 9.95. The molecule has 0 saturated heterocycles. The fourth-order valence-corrected chi connectivity index (χ4v) is 2.49. The highest BCUT2D eigenvalue weighted by Gasteiger charge is 2.21. The normalized spacial score (nSPS) is 11.4. The van der Waals surface area contributed by atoms with E-state index in [4.69, 9.17) is 11.6 Å². The van der Waals surface area contributed by atoms with Crippen molar-refractivity contribution in [1.82, 2.24) is 9.97 Å². The lowest BCUT2D eigenvalue weighted by molar-refractivity contribution is -0.123. The number of carbonyl (C=O) groups excluding carboxylic acids is 2. The molecule has 0 fully saturated rings. The first-order valence-corrected chi connectivity index (χ1v) is 8.50. The molecule has 0 spiro atoms. The van der Waals surface area contributed by atoms with E-state index in [1.54, 1.807) is 42.5 Å². The summed E-state index contributed by atoms with van der Waals surface area (Å²) in [4.78, 5) is 33.3. The van der Waals surface area contributed by atoms with Gasteiger partial charge in [0, 0.05) is 22.2 Å². The molecule has 3 aromatic rings. The van der Waals surface area contributed by atoms with Crippen LogP contribution < -0.4 is 5.32 Å². The number of nitrogens with one attached hydrogen (secondary N) is 1. The van der Waals surface area contributed by atoms with Crippen LogP contribution in [0, 0.1) is 5.41 Å². The maximum absolute atomic E-state index is 12.8. The highest BCUT2D eigenvalue weighted by molar-refractivity contribution is 6.29. The summed E-state index contributed by atoms with van der Waals surface area (Å²) < 4.78 is 0. The van der Waals surface area contributed by atoms with Crippen LogP contribution in [0.15, 0.2) is 48.7 Å². The molecule has 2 aromatic carbocycles. The van der Waals surface area contributed by atoms with Gasteiger partial charge in [-0.15, -0.1) is 0 Å². The second-order valence-corrected chi connectivity index (χ2v) is 7.40. The third-order valence-electron chi connectivity index (χ3n) is 3.84. The molecule has 1 aromatic heterocycles. The Bertz CT molecular complexity index is 1010. The van der Waals surface area contributed by atoms with Crippen LogP contribution >= 0.6 is 11.6 Å². The van der Waals surface area contributed by atoms with Gasteiger partial charge in [-0.3, -0.25) is 14.6 Å². The molecule has 0 atom stereocenters. The molecular formula is C20H18ClN3O2. The Morgan fingerprint density at radius 2 is 1.73 bits per heavy atom. The SMILES string of the molecule is CC(C)(C)C(=O)Nc1cccc(C(=O)c2ccc3ncc(Cl)nc3c2)c1. The lowest BCUT2D eigenvalue weighted by Gasteiger charge is -2.17. The summed E-state index contributed by atoms with van der Waals surface area (Å²) in [6.45, 7) is 5.50. The number of carbonyl (C=O) groups is 2. The van der Waals surface area contributed by atoms with E-state index >= 15 is 0 Å². The zero-order chi connectivity index (χ0) is 18.9. The summed E-state index contributed by atoms with van der Waals surface area (Å²) in [6, 6.07) is 12.0. The number of rotatable bonds is 3. The molecule has 0 unspecified atom stereocenters. The summed E-state index contributed by atoms with van der Waals surface area (Å²) in [7, 11) is 0. The van der Waals surface area contributed by atoms with Gasteiger partial charge in [0.25, 0.3) is 0 Å². The van der Waals surface area contributed by atoms with Crippen molar-refractivity contribution in [2.75, 3.05) is 5.32 Å². The van der Waals surface area contributed by atoms with Crippen LogP contribution in [0.1, 0.15) is 36.7 Å². The molecule has 0 aliphatic heterocycles. The molecule has 5 nitrogen and oxygen atoms in total. The molecule has 132 valence electrons. The van der Waals surface area contributed by atoms with E-state index in [9.17, 15) is 9.59 Å². The predicted octanol–water partition coefficient (Wildman–Crippen LogP) is 4.50. The van der Waals surface area contributed by atoms with Gasteiger partial charge in [0.15, 0.2) is 5.78 Å². The number of aromatic nitrogens is 2. The van der Waals surface area contributed by atoms with E-state index in [1.165, 1.54) is 6.20 Å². The molecular weight excluding hydrogens is 350 g/mol. The second-order valence-electron chi connectivity index (χ2n) is 7.01. The molecule has 3 rings (SSSR count). The highest BCUT2D eigenvalue weighted by atomic mass is 35.5. The summed E-state index contributed by atoms with van der Waals surface area (Å²) in [5.74, 6) is -0.279. The third-order valence-corrected chi connectivity index (χ3v) is 4.02. The Morgan fingerprint density at radius 3 is 2.46 bits per heavy atom. The second kappa shape index (κ2) is 6.84. The molecule has 0 bridgehead atoms. The Morgan fingerprint density at radius 1 is 1.00 bits per heavy atom. The van der Waals surface area contributed by atoms with E-state index < -0.39 is 5.41 Å². The number of nitrogens with zero attached hydrogens (tertiary/aromatic N) is 2. The Labute approximate surface area is 156 Å². The topological polar surface area (TPSA) is 72.0 Å². The van der Waals surface area contributed by atoms with Gasteiger partial charge < -0.3 is 5.32 Å². The summed E-state index contributed by atoms with van der Waals surface area (Å²) >= 11 is 5.87. The van der Waals surface area contributed by atoms with Crippen LogP contribution in [0.3, 0.4) is 0 Å². The molecule has 26 heavy (non-hydrogen) atoms. The van der Waals surface area contributed by atoms with Crippen molar-refractivity contribution in [3.63, 3.8) is 0 Å². The van der Waals surface area contributed by atoms with Gasteiger partial charge in [0.05, 0.1) is 17.2 Å². The quantitative estimate of drug-likeness (QED) is 0.692. The van der Waals surface area contributed by atoms with Gasteiger partial charge in [-0.25, -0.2) is 4.98 Å². The van der Waals surface area contributed by atoms with Crippen molar-refractivity contribution in [3.05, 3.63) is 64.9 Å². The average molecular weight is 368 g/mol. The third kappa shape index (κ3) is 3.89. The van der Waals surface area contributed by atoms with Crippen LogP contribution in [0.2, 0.25) is 5.15 Å². The number of anilines is 1. The molecule has 1 heterocycles. The molecule has 1 amide bonds. The van der Waals surface area contributed by atoms with Crippen LogP contribution in [0.4, 0.5) is 5.69 Å². The number of fused-ring (bicyclic) bond motifs is 1. The van der Waals surface area contributed by atoms with Gasteiger partial charge in [0.1, 0.15) is 5.15 Å². The van der Waals surface area contributed by atoms with Crippen molar-refractivity contribution < 1.29 is 9.59 Å². The average Bonchev–Trinajstić information content (AvgIpc) is 2.59. The van der Waals surface area contributed by atoms with E-state index in [1.807, 2.05) is 20.8 Å². The molecule has 1 N–H and O–H groups in total. The maximum Gasteiger partial charge on any atom is 0.229 e. The number of halogens is 1. The predicted molar refractivity (Wildman–Crippen MR) is 103 cm³/mol. The van der Waals surface area contributed by atoms with E-state index in [0.29, 0.717) is 27.8 Å². The van der Waals surface area contributed by atoms with Gasteiger partial charge in [0.2, 0.25) is 5.91 Å². The molecule has 6 heteroatoms. The van der Waals surface area contributed by atoms with Gasteiger partial charge in [-0.2, -0.15) is 0 Å². The molecule has 0 aliphatic carbocycles. The molecule has 0 aliphatic rings. The number of benzene rings is 2. The van der Waals surface area contributed by atoms with Crippen molar-refractivity contribution >= 4 is 40.0 Å². The Balaban J connectivity index is 1.90. The van der Waals surface area contributed by atoms with Gasteiger partial charge in [-0.05, 0) is 30.3 Å². The summed E-state index contributed by atoms with van der Waals surface area (Å²) in [5, 5.41) is 3.11. The van der Waals surface area contributed by atoms with Crippen molar-refractivity contribution in [3.8, 4) is 0 Å². The first kappa shape index (κ1) is 18.0. The number of amides is 1. The molecule has 0 saturated carbocycles. The largest absolute Gasteiger partial charge is 0.326 e. The van der Waals surface area contributed by atoms with Crippen LogP contribution in [0.5, 0.6) is 0 Å². The van der Waals surface area contributed by atoms with Crippen LogP contribution in [-0.4, -0.2) is 21.7 Å². The minimum atomic E-state index is -0.518. The highest BCUT2D eigenvalue weighted by Crippen LogP contribution is 2.21. The zero-order valence-corrected chi connectivity index (χ0v) is 15.5. The van der Waals surface area contributed by atoms with Crippen LogP contribution in [0.25, 0.3) is 11.0 Å². The van der Waals surface area contributed by atoms with Crippen molar-refractivity contribution in [2.45, 2.75) is 20.8 Å². The fourth-order valence-electron chi connectivity index (χ4n) is 2.35. The first-order chi connectivity index (χ1) is 12.2. The zero-order valence-electron chi connectivity index (χ0n) is 14.7. The lowest BCUT2D eigenvalue weighted by Crippen LogP contribution is -2.27. The van der Waals surface area contributed by atoms with Gasteiger partial charge in [-0.1, -0.05) is 44.5 Å². The minimum Gasteiger partial charge on any atom is -0.326 e. The standard InChI is InChI=1S/C20H18ClN3O2/c1-20(2,3)19(26)23-14-6-4-5-12(9-14)18(25)13-7-8-15-16(10-13)24-17(21)11-22-15/h4-11H,1-3H3,(H,23,26).